The monoisotopic (exact) mass is 466 g/mol. The summed E-state index contributed by atoms with van der Waals surface area (Å²) >= 11 is 0. The largest absolute Gasteiger partial charge is 0.467 e. The van der Waals surface area contributed by atoms with Crippen LogP contribution in [0.5, 0.6) is 0 Å². The molecule has 2 N–H and O–H groups in total. The number of amides is 2. The average molecular weight is 466 g/mol. The molecule has 0 fully saturated rings. The number of nitrogens with one attached hydrogen (secondary N) is 2. The minimum absolute atomic E-state index is 0.130. The van der Waals surface area contributed by atoms with E-state index in [0.29, 0.717) is 11.6 Å². The molecule has 3 rings (SSSR count). The number of ether oxygens (including phenoxy) is 1. The first kappa shape index (κ1) is 24.6. The van der Waals surface area contributed by atoms with E-state index in [1.54, 1.807) is 54.6 Å². The van der Waals surface area contributed by atoms with Gasteiger partial charge in [-0.15, -0.1) is 0 Å². The zero-order valence-corrected chi connectivity index (χ0v) is 18.5. The average Bonchev–Trinajstić information content (AvgIpc) is 2.82. The normalized spacial score (nSPS) is 12.3. The third kappa shape index (κ3) is 6.96. The maximum Gasteiger partial charge on any atom is 0.333 e. The Bertz CT molecular complexity index is 1120. The Morgan fingerprint density at radius 1 is 0.824 bits per heavy atom. The number of esters is 1. The van der Waals surface area contributed by atoms with Gasteiger partial charge in [-0.25, -0.2) is 13.6 Å². The number of carbonyl (C=O) groups excluding carboxylic acids is 3. The Labute approximate surface area is 195 Å². The van der Waals surface area contributed by atoms with Gasteiger partial charge in [0.2, 0.25) is 11.8 Å². The predicted molar refractivity (Wildman–Crippen MR) is 121 cm³/mol. The van der Waals surface area contributed by atoms with Crippen molar-refractivity contribution in [2.24, 2.45) is 0 Å². The number of hydrogen-bond acceptors (Lipinski definition) is 4. The van der Waals surface area contributed by atoms with Crippen molar-refractivity contribution in [1.29, 1.82) is 0 Å². The van der Waals surface area contributed by atoms with E-state index in [9.17, 15) is 23.2 Å². The highest BCUT2D eigenvalue weighted by Gasteiger charge is 2.28. The Kier molecular flexibility index (Phi) is 8.45. The molecule has 0 spiro atoms. The molecule has 2 amide bonds. The number of methoxy groups -OCH3 is 1. The molecule has 0 aliphatic carbocycles. The van der Waals surface area contributed by atoms with Gasteiger partial charge in [0.1, 0.15) is 17.7 Å². The molecular weight excluding hydrogens is 442 g/mol. The molecule has 0 heterocycles. The fraction of sp³-hybridized carbons (Fsp3) is 0.192. The highest BCUT2D eigenvalue weighted by atomic mass is 19.1. The van der Waals surface area contributed by atoms with Crippen LogP contribution in [-0.4, -0.2) is 30.9 Å². The molecule has 0 saturated heterocycles. The second kappa shape index (κ2) is 11.7. The van der Waals surface area contributed by atoms with E-state index in [4.69, 9.17) is 4.74 Å². The van der Waals surface area contributed by atoms with Gasteiger partial charge >= 0.3 is 5.97 Å². The molecular formula is C26H24F2N2O4. The molecule has 0 aliphatic heterocycles. The van der Waals surface area contributed by atoms with Crippen LogP contribution in [0.2, 0.25) is 0 Å². The molecule has 0 aromatic heterocycles. The van der Waals surface area contributed by atoms with Gasteiger partial charge in [0, 0.05) is 12.5 Å². The Morgan fingerprint density at radius 3 is 2.00 bits per heavy atom. The molecule has 0 bridgehead atoms. The number of rotatable bonds is 9. The number of carbonyl (C=O) groups is 3. The van der Waals surface area contributed by atoms with Crippen molar-refractivity contribution in [3.05, 3.63) is 107 Å². The zero-order valence-electron chi connectivity index (χ0n) is 18.5. The SMILES string of the molecule is COC(=O)[C@@H](NC(=O)[C@H](Cc1ccccc1)NC(=O)Cc1cc(F)cc(F)c1)c1ccccc1. The van der Waals surface area contributed by atoms with Crippen LogP contribution in [-0.2, 0) is 32.0 Å². The van der Waals surface area contributed by atoms with Crippen molar-refractivity contribution in [2.45, 2.75) is 24.9 Å². The number of halogens is 2. The van der Waals surface area contributed by atoms with Gasteiger partial charge in [-0.05, 0) is 28.8 Å². The smallest absolute Gasteiger partial charge is 0.333 e. The molecule has 0 unspecified atom stereocenters. The quantitative estimate of drug-likeness (QED) is 0.474. The van der Waals surface area contributed by atoms with Gasteiger partial charge in [0.05, 0.1) is 13.5 Å². The minimum Gasteiger partial charge on any atom is -0.467 e. The van der Waals surface area contributed by atoms with E-state index in [1.807, 2.05) is 6.07 Å². The number of hydrogen-bond donors (Lipinski definition) is 2. The van der Waals surface area contributed by atoms with Crippen LogP contribution in [0.4, 0.5) is 8.78 Å². The van der Waals surface area contributed by atoms with Crippen LogP contribution in [0.25, 0.3) is 0 Å². The van der Waals surface area contributed by atoms with Gasteiger partial charge < -0.3 is 15.4 Å². The lowest BCUT2D eigenvalue weighted by atomic mass is 10.0. The van der Waals surface area contributed by atoms with Crippen molar-refractivity contribution >= 4 is 17.8 Å². The van der Waals surface area contributed by atoms with E-state index < -0.39 is 41.5 Å². The molecule has 3 aromatic carbocycles. The lowest BCUT2D eigenvalue weighted by Crippen LogP contribution is -2.50. The Balaban J connectivity index is 1.80. The summed E-state index contributed by atoms with van der Waals surface area (Å²) < 4.78 is 31.8. The highest BCUT2D eigenvalue weighted by molar-refractivity contribution is 5.91. The first-order chi connectivity index (χ1) is 16.4. The standard InChI is InChI=1S/C26H24F2N2O4/c1-34-26(33)24(19-10-6-3-7-11-19)30-25(32)22(14-17-8-4-2-5-9-17)29-23(31)15-18-12-20(27)16-21(28)13-18/h2-13,16,22,24H,14-15H2,1H3,(H,29,31)(H,30,32)/t22-,24-/m0/s1. The summed E-state index contributed by atoms with van der Waals surface area (Å²) in [6.07, 6.45) is -0.190. The Hall–Kier alpha value is -4.07. The summed E-state index contributed by atoms with van der Waals surface area (Å²) in [5.74, 6) is -3.48. The molecule has 176 valence electrons. The van der Waals surface area contributed by atoms with E-state index in [-0.39, 0.29) is 18.4 Å². The fourth-order valence-electron chi connectivity index (χ4n) is 3.49. The van der Waals surface area contributed by atoms with Gasteiger partial charge in [-0.1, -0.05) is 60.7 Å². The summed E-state index contributed by atoms with van der Waals surface area (Å²) in [7, 11) is 1.21. The first-order valence-corrected chi connectivity index (χ1v) is 10.6. The van der Waals surface area contributed by atoms with Crippen LogP contribution in [0, 0.1) is 11.6 Å². The summed E-state index contributed by atoms with van der Waals surface area (Å²) in [5, 5.41) is 5.26. The third-order valence-electron chi connectivity index (χ3n) is 5.08. The maximum absolute atomic E-state index is 13.5. The molecule has 3 aromatic rings. The van der Waals surface area contributed by atoms with Gasteiger partial charge in [0.25, 0.3) is 0 Å². The summed E-state index contributed by atoms with van der Waals surface area (Å²) in [6.45, 7) is 0. The minimum atomic E-state index is -1.08. The fourth-order valence-corrected chi connectivity index (χ4v) is 3.49. The van der Waals surface area contributed by atoms with E-state index in [2.05, 4.69) is 10.6 Å². The lowest BCUT2D eigenvalue weighted by molar-refractivity contribution is -0.145. The summed E-state index contributed by atoms with van der Waals surface area (Å²) in [5.41, 5.74) is 1.42. The van der Waals surface area contributed by atoms with Crippen LogP contribution < -0.4 is 10.6 Å². The predicted octanol–water partition coefficient (Wildman–Crippen LogP) is 3.27. The molecule has 8 heteroatoms. The summed E-state index contributed by atoms with van der Waals surface area (Å²) in [4.78, 5) is 38.2. The van der Waals surface area contributed by atoms with Crippen LogP contribution in [0.15, 0.2) is 78.9 Å². The van der Waals surface area contributed by atoms with Crippen molar-refractivity contribution in [3.63, 3.8) is 0 Å². The molecule has 6 nitrogen and oxygen atoms in total. The van der Waals surface area contributed by atoms with Crippen molar-refractivity contribution < 1.29 is 27.9 Å². The molecule has 34 heavy (non-hydrogen) atoms. The summed E-state index contributed by atoms with van der Waals surface area (Å²) in [6, 6.07) is 18.2. The lowest BCUT2D eigenvalue weighted by Gasteiger charge is -2.23. The molecule has 0 saturated carbocycles. The maximum atomic E-state index is 13.5. The molecule has 0 radical (unpaired) electrons. The van der Waals surface area contributed by atoms with E-state index in [1.165, 1.54) is 7.11 Å². The highest BCUT2D eigenvalue weighted by Crippen LogP contribution is 2.15. The van der Waals surface area contributed by atoms with Gasteiger partial charge in [0.15, 0.2) is 6.04 Å². The number of benzene rings is 3. The third-order valence-corrected chi connectivity index (χ3v) is 5.08. The second-order valence-corrected chi connectivity index (χ2v) is 7.64. The van der Waals surface area contributed by atoms with Crippen LogP contribution in [0.3, 0.4) is 0 Å². The van der Waals surface area contributed by atoms with Crippen LogP contribution in [0.1, 0.15) is 22.7 Å². The van der Waals surface area contributed by atoms with E-state index in [0.717, 1.165) is 17.7 Å². The van der Waals surface area contributed by atoms with Crippen LogP contribution >= 0.6 is 0 Å². The zero-order chi connectivity index (χ0) is 24.5. The van der Waals surface area contributed by atoms with Crippen molar-refractivity contribution in [1.82, 2.24) is 10.6 Å². The second-order valence-electron chi connectivity index (χ2n) is 7.64. The van der Waals surface area contributed by atoms with Gasteiger partial charge in [-0.2, -0.15) is 0 Å². The molecule has 2 atom stereocenters. The Morgan fingerprint density at radius 2 is 1.41 bits per heavy atom. The molecule has 0 aliphatic rings. The topological polar surface area (TPSA) is 84.5 Å². The van der Waals surface area contributed by atoms with Gasteiger partial charge in [-0.3, -0.25) is 9.59 Å². The van der Waals surface area contributed by atoms with E-state index >= 15 is 0 Å². The first-order valence-electron chi connectivity index (χ1n) is 10.6. The van der Waals surface area contributed by atoms with Crippen molar-refractivity contribution in [3.8, 4) is 0 Å². The van der Waals surface area contributed by atoms with Crippen molar-refractivity contribution in [2.75, 3.05) is 7.11 Å².